The van der Waals surface area contributed by atoms with Crippen molar-refractivity contribution < 1.29 is 24.5 Å². The zero-order chi connectivity index (χ0) is 23.8. The minimum Gasteiger partial charge on any atom is -0.514 e. The van der Waals surface area contributed by atoms with Crippen molar-refractivity contribution in [1.82, 2.24) is 14.9 Å². The maximum Gasteiger partial charge on any atom is 0.128 e. The molecule has 3 aromatic carbocycles. The maximum atomic E-state index is 6.09. The number of para-hydroxylation sites is 2. The van der Waals surface area contributed by atoms with Crippen LogP contribution in [0.4, 0.5) is 22.9 Å². The van der Waals surface area contributed by atoms with Crippen LogP contribution in [0.2, 0.25) is 0 Å². The molecule has 2 aliphatic rings. The van der Waals surface area contributed by atoms with Crippen LogP contribution in [-0.4, -0.2) is 29.0 Å². The van der Waals surface area contributed by atoms with E-state index in [0.717, 1.165) is 44.8 Å². The normalized spacial score (nSPS) is 14.2. The van der Waals surface area contributed by atoms with Gasteiger partial charge in [-0.15, -0.1) is 5.69 Å². The van der Waals surface area contributed by atoms with Crippen molar-refractivity contribution in [3.05, 3.63) is 111 Å². The predicted octanol–water partition coefficient (Wildman–Crippen LogP) is 5.71. The Hall–Kier alpha value is -3.87. The van der Waals surface area contributed by atoms with Crippen LogP contribution in [0.3, 0.4) is 0 Å². The monoisotopic (exact) mass is 651 g/mol. The molecule has 183 valence electrons. The summed E-state index contributed by atoms with van der Waals surface area (Å²) in [7, 11) is 3.97. The molecule has 8 heteroatoms. The average molecular weight is 651 g/mol. The summed E-state index contributed by atoms with van der Waals surface area (Å²) in [6.45, 7) is 3.98. The Labute approximate surface area is 223 Å². The van der Waals surface area contributed by atoms with E-state index in [4.69, 9.17) is 4.42 Å². The number of anilines is 4. The average Bonchev–Trinajstić information content (AvgIpc) is 3.60. The van der Waals surface area contributed by atoms with Crippen LogP contribution >= 0.6 is 0 Å². The van der Waals surface area contributed by atoms with Crippen LogP contribution in [0.1, 0.15) is 0 Å². The van der Waals surface area contributed by atoms with Crippen molar-refractivity contribution in [2.45, 2.75) is 0 Å². The summed E-state index contributed by atoms with van der Waals surface area (Å²) in [5.41, 5.74) is 4.55. The fraction of sp³-hybridized carbons (Fsp3) is 0.0714. The molecule has 0 saturated heterocycles. The van der Waals surface area contributed by atoms with E-state index in [1.54, 1.807) is 12.5 Å². The number of rotatable bonds is 2. The quantitative estimate of drug-likeness (QED) is 0.227. The summed E-state index contributed by atoms with van der Waals surface area (Å²) < 4.78 is 6.09. The van der Waals surface area contributed by atoms with Gasteiger partial charge in [0.1, 0.15) is 17.7 Å². The molecule has 0 atom stereocenters. The predicted molar refractivity (Wildman–Crippen MR) is 138 cm³/mol. The number of fused-ring (bicyclic) bond motifs is 4. The zero-order valence-corrected chi connectivity index (χ0v) is 22.1. The Morgan fingerprint density at radius 2 is 1.75 bits per heavy atom. The molecule has 0 spiro atoms. The SMILES string of the molecule is CN1C=CN(c2[c-]cccc2)[CH-]1.CN1[CH-]N(c2[c-]ccc3c2oc2ccccc23)c2ncncc21.[Ir]. The van der Waals surface area contributed by atoms with Gasteiger partial charge in [0.05, 0.1) is 11.9 Å². The van der Waals surface area contributed by atoms with E-state index in [9.17, 15) is 0 Å². The van der Waals surface area contributed by atoms with Gasteiger partial charge in [-0.05, 0) is 32.6 Å². The first-order valence-corrected chi connectivity index (χ1v) is 11.2. The van der Waals surface area contributed by atoms with Crippen molar-refractivity contribution in [3.8, 4) is 0 Å². The Balaban J connectivity index is 0.000000175. The fourth-order valence-corrected chi connectivity index (χ4v) is 4.20. The molecular formula is C28H22IrN6O-4. The smallest absolute Gasteiger partial charge is 0.128 e. The number of furan rings is 1. The first kappa shape index (κ1) is 23.9. The molecule has 0 fully saturated rings. The van der Waals surface area contributed by atoms with Gasteiger partial charge in [0.25, 0.3) is 0 Å². The third-order valence-corrected chi connectivity index (χ3v) is 5.87. The van der Waals surface area contributed by atoms with Crippen molar-refractivity contribution in [2.24, 2.45) is 0 Å². The maximum absolute atomic E-state index is 6.09. The second-order valence-corrected chi connectivity index (χ2v) is 8.23. The van der Waals surface area contributed by atoms with E-state index in [-0.39, 0.29) is 20.1 Å². The number of benzene rings is 3. The minimum absolute atomic E-state index is 0. The molecule has 0 saturated carbocycles. The molecule has 0 unspecified atom stereocenters. The largest absolute Gasteiger partial charge is 0.514 e. The zero-order valence-electron chi connectivity index (χ0n) is 19.7. The molecular weight excluding hydrogens is 629 g/mol. The topological polar surface area (TPSA) is 51.9 Å². The molecule has 4 heterocycles. The van der Waals surface area contributed by atoms with Gasteiger partial charge in [-0.2, -0.15) is 61.9 Å². The molecule has 5 aromatic rings. The molecule has 0 N–H and O–H groups in total. The van der Waals surface area contributed by atoms with Crippen molar-refractivity contribution >= 4 is 44.8 Å². The van der Waals surface area contributed by atoms with E-state index in [1.807, 2.05) is 114 Å². The van der Waals surface area contributed by atoms with Gasteiger partial charge in [-0.1, -0.05) is 29.3 Å². The molecule has 7 nitrogen and oxygen atoms in total. The molecule has 0 bridgehead atoms. The number of nitrogens with zero attached hydrogens (tertiary/aromatic N) is 6. The summed E-state index contributed by atoms with van der Waals surface area (Å²) >= 11 is 0. The van der Waals surface area contributed by atoms with E-state index in [2.05, 4.69) is 28.2 Å². The van der Waals surface area contributed by atoms with Gasteiger partial charge in [0.15, 0.2) is 0 Å². The fourth-order valence-electron chi connectivity index (χ4n) is 4.20. The van der Waals surface area contributed by atoms with Gasteiger partial charge in [0, 0.05) is 31.1 Å². The Morgan fingerprint density at radius 1 is 0.889 bits per heavy atom. The van der Waals surface area contributed by atoms with Crippen molar-refractivity contribution in [2.75, 3.05) is 28.8 Å². The Morgan fingerprint density at radius 3 is 2.56 bits per heavy atom. The molecule has 0 aliphatic carbocycles. The number of hydrogen-bond donors (Lipinski definition) is 0. The van der Waals surface area contributed by atoms with Gasteiger partial charge in [-0.3, -0.25) is 0 Å². The molecule has 36 heavy (non-hydrogen) atoms. The van der Waals surface area contributed by atoms with Crippen LogP contribution in [0.15, 0.2) is 90.0 Å². The second kappa shape index (κ2) is 10.0. The number of hydrogen-bond acceptors (Lipinski definition) is 7. The van der Waals surface area contributed by atoms with E-state index in [0.29, 0.717) is 0 Å². The van der Waals surface area contributed by atoms with Crippen LogP contribution < -0.4 is 14.7 Å². The second-order valence-electron chi connectivity index (χ2n) is 8.23. The third-order valence-electron chi connectivity index (χ3n) is 5.87. The number of aromatic nitrogens is 2. The van der Waals surface area contributed by atoms with Crippen LogP contribution in [-0.2, 0) is 20.1 Å². The Bertz CT molecular complexity index is 1520. The van der Waals surface area contributed by atoms with Gasteiger partial charge < -0.3 is 24.0 Å². The Kier molecular flexibility index (Phi) is 6.63. The first-order valence-electron chi connectivity index (χ1n) is 11.2. The first-order chi connectivity index (χ1) is 17.2. The molecule has 0 amide bonds. The summed E-state index contributed by atoms with van der Waals surface area (Å²) in [6, 6.07) is 26.4. The van der Waals surface area contributed by atoms with E-state index < -0.39 is 0 Å². The van der Waals surface area contributed by atoms with Gasteiger partial charge in [0.2, 0.25) is 0 Å². The molecule has 7 rings (SSSR count). The van der Waals surface area contributed by atoms with E-state index >= 15 is 0 Å². The van der Waals surface area contributed by atoms with E-state index in [1.165, 1.54) is 0 Å². The minimum atomic E-state index is 0. The molecule has 2 aromatic heterocycles. The van der Waals surface area contributed by atoms with Crippen molar-refractivity contribution in [1.29, 1.82) is 0 Å². The summed E-state index contributed by atoms with van der Waals surface area (Å²) in [5.74, 6) is 0.826. The summed E-state index contributed by atoms with van der Waals surface area (Å²) in [4.78, 5) is 16.5. The van der Waals surface area contributed by atoms with Crippen LogP contribution in [0.25, 0.3) is 21.9 Å². The third kappa shape index (κ3) is 4.30. The standard InChI is InChI=1S/C18H12N4O.C10H10N2.Ir/c1-21-11-22(18-15(21)9-19-10-20-18)14-7-4-6-13-12-5-2-3-8-16(12)23-17(13)14;1-11-7-8-12(9-11)10-5-3-2-4-6-10;/h2-6,8-11H,1H3;2-5,7-9H,1H3;/q2*-2;. The summed E-state index contributed by atoms with van der Waals surface area (Å²) in [5, 5.41) is 2.18. The summed E-state index contributed by atoms with van der Waals surface area (Å²) in [6.07, 6.45) is 7.36. The van der Waals surface area contributed by atoms with Crippen LogP contribution in [0.5, 0.6) is 0 Å². The molecule has 2 aliphatic heterocycles. The van der Waals surface area contributed by atoms with Gasteiger partial charge >= 0.3 is 0 Å². The van der Waals surface area contributed by atoms with Crippen LogP contribution in [0, 0.1) is 25.5 Å². The van der Waals surface area contributed by atoms with Crippen molar-refractivity contribution in [3.63, 3.8) is 0 Å². The van der Waals surface area contributed by atoms with Gasteiger partial charge in [-0.25, -0.2) is 9.97 Å². The molecule has 1 radical (unpaired) electrons.